The highest BCUT2D eigenvalue weighted by Gasteiger charge is 2.11. The maximum Gasteiger partial charge on any atom is 0.242 e. The van der Waals surface area contributed by atoms with Crippen LogP contribution in [-0.2, 0) is 0 Å². The summed E-state index contributed by atoms with van der Waals surface area (Å²) >= 11 is 0. The Labute approximate surface area is 108 Å². The number of nitrogens with zero attached hydrogens (tertiary/aromatic N) is 3. The van der Waals surface area contributed by atoms with Gasteiger partial charge in [-0.1, -0.05) is 0 Å². The van der Waals surface area contributed by atoms with E-state index >= 15 is 0 Å². The van der Waals surface area contributed by atoms with Crippen LogP contribution in [0.3, 0.4) is 0 Å². The maximum absolute atomic E-state index is 13.0. The van der Waals surface area contributed by atoms with Gasteiger partial charge in [-0.2, -0.15) is 10.2 Å². The van der Waals surface area contributed by atoms with E-state index in [4.69, 9.17) is 15.7 Å². The Morgan fingerprint density at radius 2 is 2.21 bits per heavy atom. The molecule has 0 aliphatic carbocycles. The average molecular weight is 259 g/mol. The summed E-state index contributed by atoms with van der Waals surface area (Å²) in [4.78, 5) is 7.78. The first-order chi connectivity index (χ1) is 9.15. The van der Waals surface area contributed by atoms with Crippen LogP contribution in [0.1, 0.15) is 5.56 Å². The number of anilines is 3. The first-order valence-corrected chi connectivity index (χ1v) is 5.27. The SMILES string of the molecule is COc1ncnc(Nc2ccc(F)cc2C#N)c1N. The molecule has 0 fully saturated rings. The lowest BCUT2D eigenvalue weighted by Gasteiger charge is -2.11. The number of rotatable bonds is 3. The molecular weight excluding hydrogens is 249 g/mol. The summed E-state index contributed by atoms with van der Waals surface area (Å²) < 4.78 is 18.0. The van der Waals surface area contributed by atoms with Gasteiger partial charge >= 0.3 is 0 Å². The molecular formula is C12H10FN5O. The van der Waals surface area contributed by atoms with E-state index in [1.54, 1.807) is 0 Å². The molecule has 0 atom stereocenters. The van der Waals surface area contributed by atoms with E-state index in [-0.39, 0.29) is 22.9 Å². The summed E-state index contributed by atoms with van der Waals surface area (Å²) in [6, 6.07) is 5.68. The van der Waals surface area contributed by atoms with Crippen LogP contribution in [0.2, 0.25) is 0 Å². The third kappa shape index (κ3) is 2.52. The summed E-state index contributed by atoms with van der Waals surface area (Å²) in [5.41, 5.74) is 6.55. The fourth-order valence-corrected chi connectivity index (χ4v) is 1.49. The average Bonchev–Trinajstić information content (AvgIpc) is 2.42. The van der Waals surface area contributed by atoms with Crippen LogP contribution in [0.15, 0.2) is 24.5 Å². The molecule has 3 N–H and O–H groups in total. The molecule has 0 aliphatic heterocycles. The van der Waals surface area contributed by atoms with Crippen LogP contribution in [0.5, 0.6) is 5.88 Å². The number of ether oxygens (including phenoxy) is 1. The zero-order valence-corrected chi connectivity index (χ0v) is 10.0. The summed E-state index contributed by atoms with van der Waals surface area (Å²) in [6.07, 6.45) is 1.27. The Morgan fingerprint density at radius 1 is 1.42 bits per heavy atom. The molecule has 1 aromatic heterocycles. The lowest BCUT2D eigenvalue weighted by Crippen LogP contribution is -2.04. The van der Waals surface area contributed by atoms with Crippen LogP contribution in [0, 0.1) is 17.1 Å². The third-order valence-electron chi connectivity index (χ3n) is 2.40. The molecule has 1 heterocycles. The molecule has 96 valence electrons. The van der Waals surface area contributed by atoms with E-state index in [9.17, 15) is 4.39 Å². The van der Waals surface area contributed by atoms with E-state index in [0.717, 1.165) is 6.07 Å². The Balaban J connectivity index is 2.40. The van der Waals surface area contributed by atoms with Crippen LogP contribution in [0.25, 0.3) is 0 Å². The minimum atomic E-state index is -0.490. The fourth-order valence-electron chi connectivity index (χ4n) is 1.49. The molecule has 19 heavy (non-hydrogen) atoms. The van der Waals surface area contributed by atoms with Gasteiger partial charge in [-0.15, -0.1) is 0 Å². The van der Waals surface area contributed by atoms with E-state index in [0.29, 0.717) is 5.69 Å². The van der Waals surface area contributed by atoms with Crippen LogP contribution < -0.4 is 15.8 Å². The van der Waals surface area contributed by atoms with Crippen LogP contribution in [-0.4, -0.2) is 17.1 Å². The first-order valence-electron chi connectivity index (χ1n) is 5.27. The number of hydrogen-bond acceptors (Lipinski definition) is 6. The number of benzene rings is 1. The van der Waals surface area contributed by atoms with Crippen LogP contribution in [0.4, 0.5) is 21.6 Å². The highest BCUT2D eigenvalue weighted by molar-refractivity contribution is 5.74. The largest absolute Gasteiger partial charge is 0.479 e. The molecule has 0 aliphatic rings. The maximum atomic E-state index is 13.0. The Kier molecular flexibility index (Phi) is 3.43. The van der Waals surface area contributed by atoms with Crippen molar-refractivity contribution in [2.24, 2.45) is 0 Å². The number of nitrogens with one attached hydrogen (secondary N) is 1. The number of nitrogens with two attached hydrogens (primary N) is 1. The smallest absolute Gasteiger partial charge is 0.242 e. The van der Waals surface area contributed by atoms with Crippen molar-refractivity contribution in [3.63, 3.8) is 0 Å². The second-order valence-corrected chi connectivity index (χ2v) is 3.57. The van der Waals surface area contributed by atoms with Gasteiger partial charge in [0.2, 0.25) is 5.88 Å². The van der Waals surface area contributed by atoms with Crippen molar-refractivity contribution in [3.8, 4) is 11.9 Å². The van der Waals surface area contributed by atoms with Crippen molar-refractivity contribution in [1.82, 2.24) is 9.97 Å². The Bertz CT molecular complexity index is 653. The van der Waals surface area contributed by atoms with Gasteiger partial charge < -0.3 is 15.8 Å². The quantitative estimate of drug-likeness (QED) is 0.872. The second-order valence-electron chi connectivity index (χ2n) is 3.57. The molecule has 0 saturated heterocycles. The zero-order chi connectivity index (χ0) is 13.8. The van der Waals surface area contributed by atoms with E-state index in [1.807, 2.05) is 6.07 Å². The fraction of sp³-hybridized carbons (Fsp3) is 0.0833. The van der Waals surface area contributed by atoms with E-state index in [2.05, 4.69) is 15.3 Å². The minimum absolute atomic E-state index is 0.150. The molecule has 2 rings (SSSR count). The molecule has 0 spiro atoms. The van der Waals surface area contributed by atoms with Crippen LogP contribution >= 0.6 is 0 Å². The number of halogens is 1. The highest BCUT2D eigenvalue weighted by atomic mass is 19.1. The molecule has 0 bridgehead atoms. The van der Waals surface area contributed by atoms with Gasteiger partial charge in [0, 0.05) is 0 Å². The molecule has 7 heteroatoms. The van der Waals surface area contributed by atoms with Crippen molar-refractivity contribution in [3.05, 3.63) is 35.9 Å². The van der Waals surface area contributed by atoms with Crippen molar-refractivity contribution in [1.29, 1.82) is 5.26 Å². The van der Waals surface area contributed by atoms with Gasteiger partial charge in [0.1, 0.15) is 23.9 Å². The summed E-state index contributed by atoms with van der Waals surface area (Å²) in [5.74, 6) is 0.0171. The zero-order valence-electron chi connectivity index (χ0n) is 10.0. The van der Waals surface area contributed by atoms with Gasteiger partial charge in [-0.25, -0.2) is 9.37 Å². The van der Waals surface area contributed by atoms with E-state index < -0.39 is 5.82 Å². The van der Waals surface area contributed by atoms with Crippen molar-refractivity contribution < 1.29 is 9.13 Å². The Hall–Kier alpha value is -2.88. The number of hydrogen-bond donors (Lipinski definition) is 2. The van der Waals surface area contributed by atoms with Gasteiger partial charge in [0.15, 0.2) is 5.82 Å². The molecule has 2 aromatic rings. The standard InChI is InChI=1S/C12H10FN5O/c1-19-12-10(15)11(16-6-17-12)18-9-3-2-8(13)4-7(9)5-14/h2-4,6H,15H2,1H3,(H,16,17,18). The van der Waals surface area contributed by atoms with Gasteiger partial charge in [0.05, 0.1) is 18.4 Å². The molecule has 1 aromatic carbocycles. The normalized spacial score (nSPS) is 9.74. The topological polar surface area (TPSA) is 96.9 Å². The minimum Gasteiger partial charge on any atom is -0.479 e. The number of methoxy groups -OCH3 is 1. The first kappa shape index (κ1) is 12.6. The summed E-state index contributed by atoms with van der Waals surface area (Å²) in [5, 5.41) is 11.8. The van der Waals surface area contributed by atoms with Crippen molar-refractivity contribution in [2.75, 3.05) is 18.2 Å². The highest BCUT2D eigenvalue weighted by Crippen LogP contribution is 2.28. The predicted octanol–water partition coefficient (Wildman–Crippen LogP) is 1.82. The molecule has 0 saturated carbocycles. The molecule has 6 nitrogen and oxygen atoms in total. The number of aromatic nitrogens is 2. The molecule has 0 radical (unpaired) electrons. The number of nitriles is 1. The van der Waals surface area contributed by atoms with Crippen molar-refractivity contribution in [2.45, 2.75) is 0 Å². The molecule has 0 amide bonds. The van der Waals surface area contributed by atoms with Gasteiger partial charge in [-0.3, -0.25) is 0 Å². The summed E-state index contributed by atoms with van der Waals surface area (Å²) in [7, 11) is 1.43. The van der Waals surface area contributed by atoms with Gasteiger partial charge in [-0.05, 0) is 18.2 Å². The van der Waals surface area contributed by atoms with Gasteiger partial charge in [0.25, 0.3) is 0 Å². The Morgan fingerprint density at radius 3 is 2.89 bits per heavy atom. The molecule has 0 unspecified atom stereocenters. The monoisotopic (exact) mass is 259 g/mol. The third-order valence-corrected chi connectivity index (χ3v) is 2.40. The predicted molar refractivity (Wildman–Crippen MR) is 67.4 cm³/mol. The lowest BCUT2D eigenvalue weighted by atomic mass is 10.2. The van der Waals surface area contributed by atoms with E-state index in [1.165, 1.54) is 25.6 Å². The number of nitrogen functional groups attached to an aromatic ring is 1. The second kappa shape index (κ2) is 5.18. The van der Waals surface area contributed by atoms with Crippen molar-refractivity contribution >= 4 is 17.2 Å². The lowest BCUT2D eigenvalue weighted by molar-refractivity contribution is 0.399. The summed E-state index contributed by atoms with van der Waals surface area (Å²) in [6.45, 7) is 0.